The third-order valence-electron chi connectivity index (χ3n) is 3.62. The van der Waals surface area contributed by atoms with Crippen molar-refractivity contribution in [3.05, 3.63) is 24.1 Å². The molecule has 1 aliphatic carbocycles. The molecule has 2 aromatic rings. The molecule has 0 bridgehead atoms. The van der Waals surface area contributed by atoms with E-state index in [0.29, 0.717) is 6.04 Å². The van der Waals surface area contributed by atoms with Crippen molar-refractivity contribution in [2.75, 3.05) is 5.32 Å². The van der Waals surface area contributed by atoms with Crippen LogP contribution in [0.5, 0.6) is 0 Å². The van der Waals surface area contributed by atoms with Crippen LogP contribution in [0.25, 0.3) is 11.1 Å². The Hall–Kier alpha value is -1.51. The molecular formula is C14H18N2O. The number of rotatable bonds is 2. The largest absolute Gasteiger partial charge is 0.460 e. The summed E-state index contributed by atoms with van der Waals surface area (Å²) in [6, 6.07) is 2.51. The van der Waals surface area contributed by atoms with Crippen molar-refractivity contribution in [2.24, 2.45) is 0 Å². The number of pyridine rings is 1. The second kappa shape index (κ2) is 4.40. The molecule has 1 fully saturated rings. The second-order valence-electron chi connectivity index (χ2n) is 4.93. The highest BCUT2D eigenvalue weighted by Gasteiger charge is 2.16. The van der Waals surface area contributed by atoms with Crippen molar-refractivity contribution in [3.8, 4) is 0 Å². The average molecular weight is 230 g/mol. The number of hydrogen-bond acceptors (Lipinski definition) is 3. The first-order valence-corrected chi connectivity index (χ1v) is 6.44. The van der Waals surface area contributed by atoms with E-state index in [1.807, 2.05) is 12.3 Å². The van der Waals surface area contributed by atoms with Crippen molar-refractivity contribution in [2.45, 2.75) is 45.1 Å². The number of anilines is 1. The Labute approximate surface area is 101 Å². The van der Waals surface area contributed by atoms with Gasteiger partial charge in [0, 0.05) is 18.3 Å². The van der Waals surface area contributed by atoms with Crippen LogP contribution < -0.4 is 5.32 Å². The van der Waals surface area contributed by atoms with Crippen molar-refractivity contribution >= 4 is 16.8 Å². The predicted octanol–water partition coefficient (Wildman–Crippen LogP) is 3.88. The predicted molar refractivity (Wildman–Crippen MR) is 69.2 cm³/mol. The number of nitrogens with one attached hydrogen (secondary N) is 1. The molecule has 1 N–H and O–H groups in total. The Morgan fingerprint density at radius 1 is 1.29 bits per heavy atom. The summed E-state index contributed by atoms with van der Waals surface area (Å²) in [5.74, 6) is 0. The standard InChI is InChI=1S/C14H18N2O/c1-10-9-15-12-7-8-17-14(12)13(10)16-11-5-3-2-4-6-11/h7-9,11H,2-6H2,1H3,(H,15,16). The first-order chi connectivity index (χ1) is 8.34. The lowest BCUT2D eigenvalue weighted by Crippen LogP contribution is -2.22. The fourth-order valence-electron chi connectivity index (χ4n) is 2.63. The summed E-state index contributed by atoms with van der Waals surface area (Å²) >= 11 is 0. The van der Waals surface area contributed by atoms with E-state index in [1.165, 1.54) is 32.1 Å². The molecule has 0 radical (unpaired) electrons. The highest BCUT2D eigenvalue weighted by Crippen LogP contribution is 2.29. The first-order valence-electron chi connectivity index (χ1n) is 6.44. The molecule has 1 aliphatic rings. The van der Waals surface area contributed by atoms with Crippen LogP contribution in [0, 0.1) is 6.92 Å². The Bertz CT molecular complexity index is 512. The molecule has 0 atom stereocenters. The highest BCUT2D eigenvalue weighted by atomic mass is 16.3. The van der Waals surface area contributed by atoms with Gasteiger partial charge < -0.3 is 9.73 Å². The lowest BCUT2D eigenvalue weighted by atomic mass is 9.95. The van der Waals surface area contributed by atoms with Crippen LogP contribution >= 0.6 is 0 Å². The van der Waals surface area contributed by atoms with E-state index in [2.05, 4.69) is 17.2 Å². The van der Waals surface area contributed by atoms with Gasteiger partial charge in [0.05, 0.1) is 12.0 Å². The van der Waals surface area contributed by atoms with Crippen LogP contribution in [-0.4, -0.2) is 11.0 Å². The van der Waals surface area contributed by atoms with Crippen LogP contribution in [0.1, 0.15) is 37.7 Å². The summed E-state index contributed by atoms with van der Waals surface area (Å²) in [5, 5.41) is 3.64. The molecule has 0 amide bonds. The van der Waals surface area contributed by atoms with E-state index < -0.39 is 0 Å². The second-order valence-corrected chi connectivity index (χ2v) is 4.93. The third-order valence-corrected chi connectivity index (χ3v) is 3.62. The van der Waals surface area contributed by atoms with E-state index in [0.717, 1.165) is 22.4 Å². The molecule has 3 nitrogen and oxygen atoms in total. The van der Waals surface area contributed by atoms with Gasteiger partial charge in [0.2, 0.25) is 0 Å². The lowest BCUT2D eigenvalue weighted by molar-refractivity contribution is 0.462. The zero-order chi connectivity index (χ0) is 11.7. The van der Waals surface area contributed by atoms with Crippen LogP contribution in [0.2, 0.25) is 0 Å². The van der Waals surface area contributed by atoms with Crippen LogP contribution in [-0.2, 0) is 0 Å². The molecular weight excluding hydrogens is 212 g/mol. The molecule has 1 saturated carbocycles. The van der Waals surface area contributed by atoms with Crippen LogP contribution in [0.4, 0.5) is 5.69 Å². The van der Waals surface area contributed by atoms with E-state index in [9.17, 15) is 0 Å². The Kier molecular flexibility index (Phi) is 2.75. The van der Waals surface area contributed by atoms with Crippen molar-refractivity contribution in [3.63, 3.8) is 0 Å². The zero-order valence-electron chi connectivity index (χ0n) is 10.2. The SMILES string of the molecule is Cc1cnc2ccoc2c1NC1CCCCC1. The number of aromatic nitrogens is 1. The average Bonchev–Trinajstić information content (AvgIpc) is 2.83. The third kappa shape index (κ3) is 2.02. The van der Waals surface area contributed by atoms with E-state index in [-0.39, 0.29) is 0 Å². The summed E-state index contributed by atoms with van der Waals surface area (Å²) in [5.41, 5.74) is 4.13. The van der Waals surface area contributed by atoms with Gasteiger partial charge in [0.1, 0.15) is 5.52 Å². The summed E-state index contributed by atoms with van der Waals surface area (Å²) in [7, 11) is 0. The maximum Gasteiger partial charge on any atom is 0.175 e. The van der Waals surface area contributed by atoms with Gasteiger partial charge in [-0.3, -0.25) is 4.98 Å². The summed E-state index contributed by atoms with van der Waals surface area (Å²) in [4.78, 5) is 4.36. The van der Waals surface area contributed by atoms with Crippen molar-refractivity contribution in [1.82, 2.24) is 4.98 Å². The van der Waals surface area contributed by atoms with Crippen molar-refractivity contribution < 1.29 is 4.42 Å². The molecule has 0 saturated heterocycles. The van der Waals surface area contributed by atoms with Gasteiger partial charge in [-0.1, -0.05) is 19.3 Å². The fourth-order valence-corrected chi connectivity index (χ4v) is 2.63. The minimum absolute atomic E-state index is 0.596. The summed E-state index contributed by atoms with van der Waals surface area (Å²) in [6.07, 6.45) is 10.2. The molecule has 3 heteroatoms. The van der Waals surface area contributed by atoms with Gasteiger partial charge in [-0.05, 0) is 25.3 Å². The van der Waals surface area contributed by atoms with Gasteiger partial charge in [-0.15, -0.1) is 0 Å². The van der Waals surface area contributed by atoms with E-state index in [1.54, 1.807) is 6.26 Å². The Morgan fingerprint density at radius 3 is 2.94 bits per heavy atom. The molecule has 0 unspecified atom stereocenters. The smallest absolute Gasteiger partial charge is 0.175 e. The highest BCUT2D eigenvalue weighted by molar-refractivity contribution is 5.87. The quantitative estimate of drug-likeness (QED) is 0.850. The summed E-state index contributed by atoms with van der Waals surface area (Å²) < 4.78 is 5.55. The minimum Gasteiger partial charge on any atom is -0.460 e. The first kappa shape index (κ1) is 10.6. The lowest BCUT2D eigenvalue weighted by Gasteiger charge is -2.24. The molecule has 3 rings (SSSR count). The molecule has 2 heterocycles. The van der Waals surface area contributed by atoms with Gasteiger partial charge in [-0.2, -0.15) is 0 Å². The number of furan rings is 1. The molecule has 90 valence electrons. The number of hydrogen-bond donors (Lipinski definition) is 1. The maximum absolute atomic E-state index is 5.55. The molecule has 0 aromatic carbocycles. The van der Waals surface area contributed by atoms with Gasteiger partial charge >= 0.3 is 0 Å². The topological polar surface area (TPSA) is 38.1 Å². The molecule has 2 aromatic heterocycles. The number of nitrogens with zero attached hydrogens (tertiary/aromatic N) is 1. The van der Waals surface area contributed by atoms with Gasteiger partial charge in [0.15, 0.2) is 5.58 Å². The number of fused-ring (bicyclic) bond motifs is 1. The molecule has 17 heavy (non-hydrogen) atoms. The van der Waals surface area contributed by atoms with Crippen molar-refractivity contribution in [1.29, 1.82) is 0 Å². The fraction of sp³-hybridized carbons (Fsp3) is 0.500. The van der Waals surface area contributed by atoms with Gasteiger partial charge in [0.25, 0.3) is 0 Å². The monoisotopic (exact) mass is 230 g/mol. The van der Waals surface area contributed by atoms with Crippen LogP contribution in [0.15, 0.2) is 22.9 Å². The number of aryl methyl sites for hydroxylation is 1. The molecule has 0 aliphatic heterocycles. The van der Waals surface area contributed by atoms with E-state index in [4.69, 9.17) is 4.42 Å². The maximum atomic E-state index is 5.55. The van der Waals surface area contributed by atoms with E-state index >= 15 is 0 Å². The zero-order valence-corrected chi connectivity index (χ0v) is 10.2. The summed E-state index contributed by atoms with van der Waals surface area (Å²) in [6.45, 7) is 2.08. The minimum atomic E-state index is 0.596. The molecule has 0 spiro atoms. The van der Waals surface area contributed by atoms with Crippen LogP contribution in [0.3, 0.4) is 0 Å². The Morgan fingerprint density at radius 2 is 2.12 bits per heavy atom. The normalized spacial score (nSPS) is 17.5. The Balaban J connectivity index is 1.92. The van der Waals surface area contributed by atoms with Gasteiger partial charge in [-0.25, -0.2) is 0 Å².